The first-order chi connectivity index (χ1) is 18.2. The van der Waals surface area contributed by atoms with Gasteiger partial charge in [-0.25, -0.2) is 4.39 Å². The fourth-order valence-corrected chi connectivity index (χ4v) is 4.61. The number of halogens is 5. The standard InChI is InChI=1S/C30H29F5O3/c1-2-17-36-25-13-9-23(10-14-25)21-5-3-20(4-6-21)22-7-11-24(12-8-22)30(34,35)38-26-15-16-28(27(31)18-26)37-19-29(32)33/h3-8,11-12,15-16,18-19,23,25H,2,9-10,13-14,17H2,1H3. The lowest BCUT2D eigenvalue weighted by molar-refractivity contribution is -0.185. The lowest BCUT2D eigenvalue weighted by Gasteiger charge is -2.29. The SMILES string of the molecule is CCCOC1CCC(c2ccc(-c3ccc(C(F)(F)Oc4ccc(OC=C(F)F)c(F)c4)cc3)cc2)CC1. The highest BCUT2D eigenvalue weighted by atomic mass is 19.3. The van der Waals surface area contributed by atoms with Gasteiger partial charge in [-0.2, -0.15) is 17.6 Å². The molecular weight excluding hydrogens is 503 g/mol. The molecule has 38 heavy (non-hydrogen) atoms. The third-order valence-electron chi connectivity index (χ3n) is 6.59. The van der Waals surface area contributed by atoms with Gasteiger partial charge in [-0.05, 0) is 79.0 Å². The zero-order valence-corrected chi connectivity index (χ0v) is 20.9. The van der Waals surface area contributed by atoms with Crippen molar-refractivity contribution in [2.45, 2.75) is 57.2 Å². The molecule has 202 valence electrons. The van der Waals surface area contributed by atoms with Gasteiger partial charge in [0.05, 0.1) is 11.7 Å². The smallest absolute Gasteiger partial charge is 0.426 e. The molecule has 0 amide bonds. The van der Waals surface area contributed by atoms with Crippen molar-refractivity contribution in [3.05, 3.63) is 96.0 Å². The van der Waals surface area contributed by atoms with Crippen LogP contribution in [0, 0.1) is 5.82 Å². The number of hydrogen-bond acceptors (Lipinski definition) is 3. The molecule has 8 heteroatoms. The number of ether oxygens (including phenoxy) is 3. The summed E-state index contributed by atoms with van der Waals surface area (Å²) in [6, 6.07) is 16.4. The molecule has 0 saturated heterocycles. The van der Waals surface area contributed by atoms with Gasteiger partial charge in [-0.15, -0.1) is 0 Å². The maximum atomic E-state index is 14.7. The minimum atomic E-state index is -3.75. The number of hydrogen-bond donors (Lipinski definition) is 0. The third-order valence-corrected chi connectivity index (χ3v) is 6.59. The van der Waals surface area contributed by atoms with Crippen LogP contribution >= 0.6 is 0 Å². The second kappa shape index (κ2) is 12.4. The van der Waals surface area contributed by atoms with Crippen molar-refractivity contribution in [1.82, 2.24) is 0 Å². The first-order valence-electron chi connectivity index (χ1n) is 12.6. The van der Waals surface area contributed by atoms with E-state index in [4.69, 9.17) is 9.47 Å². The largest absolute Gasteiger partial charge is 0.456 e. The summed E-state index contributed by atoms with van der Waals surface area (Å²) in [5, 5.41) is 0. The fourth-order valence-electron chi connectivity index (χ4n) is 4.61. The maximum Gasteiger partial charge on any atom is 0.426 e. The summed E-state index contributed by atoms with van der Waals surface area (Å²) >= 11 is 0. The van der Waals surface area contributed by atoms with Crippen molar-refractivity contribution in [1.29, 1.82) is 0 Å². The molecule has 0 unspecified atom stereocenters. The molecule has 1 aliphatic rings. The van der Waals surface area contributed by atoms with Crippen LogP contribution < -0.4 is 9.47 Å². The molecule has 4 rings (SSSR count). The molecule has 1 saturated carbocycles. The van der Waals surface area contributed by atoms with Gasteiger partial charge in [-0.1, -0.05) is 43.3 Å². The summed E-state index contributed by atoms with van der Waals surface area (Å²) < 4.78 is 82.7. The second-order valence-corrected chi connectivity index (χ2v) is 9.28. The minimum Gasteiger partial charge on any atom is -0.456 e. The van der Waals surface area contributed by atoms with Crippen molar-refractivity contribution in [3.63, 3.8) is 0 Å². The van der Waals surface area contributed by atoms with Crippen molar-refractivity contribution in [3.8, 4) is 22.6 Å². The van der Waals surface area contributed by atoms with Crippen molar-refractivity contribution in [2.75, 3.05) is 6.61 Å². The Labute approximate surface area is 218 Å². The average Bonchev–Trinajstić information content (AvgIpc) is 2.91. The van der Waals surface area contributed by atoms with Gasteiger partial charge >= 0.3 is 12.2 Å². The Balaban J connectivity index is 1.37. The molecular formula is C30H29F5O3. The minimum absolute atomic E-state index is 0.0532. The summed E-state index contributed by atoms with van der Waals surface area (Å²) in [6.07, 6.45) is -0.173. The van der Waals surface area contributed by atoms with Gasteiger partial charge < -0.3 is 14.2 Å². The molecule has 0 heterocycles. The lowest BCUT2D eigenvalue weighted by atomic mass is 9.82. The first kappa shape index (κ1) is 27.6. The maximum absolute atomic E-state index is 14.7. The molecule has 3 nitrogen and oxygen atoms in total. The molecule has 0 aromatic heterocycles. The van der Waals surface area contributed by atoms with Crippen LogP contribution in [0.15, 0.2) is 79.1 Å². The van der Waals surface area contributed by atoms with Crippen LogP contribution in [0.3, 0.4) is 0 Å². The fraction of sp³-hybridized carbons (Fsp3) is 0.333. The highest BCUT2D eigenvalue weighted by molar-refractivity contribution is 5.64. The van der Waals surface area contributed by atoms with Crippen LogP contribution in [0.25, 0.3) is 11.1 Å². The first-order valence-corrected chi connectivity index (χ1v) is 12.6. The van der Waals surface area contributed by atoms with Gasteiger partial charge in [0, 0.05) is 12.7 Å². The number of benzene rings is 3. The van der Waals surface area contributed by atoms with Crippen molar-refractivity contribution >= 4 is 0 Å². The molecule has 0 N–H and O–H groups in total. The Bertz CT molecular complexity index is 1210. The van der Waals surface area contributed by atoms with Crippen LogP contribution in [-0.2, 0) is 10.8 Å². The normalized spacial score (nSPS) is 17.6. The van der Waals surface area contributed by atoms with E-state index in [1.165, 1.54) is 17.7 Å². The zero-order chi connectivity index (χ0) is 27.1. The zero-order valence-electron chi connectivity index (χ0n) is 20.9. The van der Waals surface area contributed by atoms with Crippen molar-refractivity contribution in [2.24, 2.45) is 0 Å². The number of rotatable bonds is 10. The Kier molecular flexibility index (Phi) is 9.05. The highest BCUT2D eigenvalue weighted by Gasteiger charge is 2.34. The monoisotopic (exact) mass is 532 g/mol. The Morgan fingerprint density at radius 3 is 2.11 bits per heavy atom. The van der Waals surface area contributed by atoms with Gasteiger partial charge in [0.2, 0.25) is 0 Å². The van der Waals surface area contributed by atoms with Gasteiger partial charge in [0.1, 0.15) is 5.75 Å². The van der Waals surface area contributed by atoms with Gasteiger partial charge in [-0.3, -0.25) is 0 Å². The van der Waals surface area contributed by atoms with Crippen LogP contribution in [0.4, 0.5) is 22.0 Å². The van der Waals surface area contributed by atoms with Crippen LogP contribution in [0.1, 0.15) is 56.1 Å². The number of alkyl halides is 2. The van der Waals surface area contributed by atoms with Gasteiger partial charge in [0.15, 0.2) is 17.8 Å². The van der Waals surface area contributed by atoms with Crippen LogP contribution in [-0.4, -0.2) is 12.7 Å². The van der Waals surface area contributed by atoms with E-state index in [0.29, 0.717) is 18.1 Å². The van der Waals surface area contributed by atoms with Gasteiger partial charge in [0.25, 0.3) is 0 Å². The molecule has 1 aliphatic carbocycles. The predicted molar refractivity (Wildman–Crippen MR) is 135 cm³/mol. The van der Waals surface area contributed by atoms with E-state index >= 15 is 0 Å². The molecule has 0 spiro atoms. The van der Waals surface area contributed by atoms with Crippen LogP contribution in [0.5, 0.6) is 11.5 Å². The van der Waals surface area contributed by atoms with Crippen LogP contribution in [0.2, 0.25) is 0 Å². The Morgan fingerprint density at radius 1 is 0.895 bits per heavy atom. The predicted octanol–water partition coefficient (Wildman–Crippen LogP) is 9.19. The summed E-state index contributed by atoms with van der Waals surface area (Å²) in [5.74, 6) is -1.64. The molecule has 3 aromatic rings. The highest BCUT2D eigenvalue weighted by Crippen LogP contribution is 2.37. The molecule has 0 radical (unpaired) electrons. The lowest BCUT2D eigenvalue weighted by Crippen LogP contribution is -2.21. The second-order valence-electron chi connectivity index (χ2n) is 9.28. The van der Waals surface area contributed by atoms with E-state index in [9.17, 15) is 22.0 Å². The summed E-state index contributed by atoms with van der Waals surface area (Å²) in [6.45, 7) is 2.92. The Morgan fingerprint density at radius 2 is 1.53 bits per heavy atom. The molecule has 3 aromatic carbocycles. The molecule has 0 aliphatic heterocycles. The van der Waals surface area contributed by atoms with E-state index in [2.05, 4.69) is 23.8 Å². The quantitative estimate of drug-likeness (QED) is 0.192. The topological polar surface area (TPSA) is 27.7 Å². The summed E-state index contributed by atoms with van der Waals surface area (Å²) in [4.78, 5) is 0. The van der Waals surface area contributed by atoms with E-state index < -0.39 is 35.1 Å². The van der Waals surface area contributed by atoms with E-state index in [0.717, 1.165) is 62.0 Å². The molecule has 0 atom stereocenters. The average molecular weight is 533 g/mol. The third kappa shape index (κ3) is 7.13. The molecule has 1 fully saturated rings. The van der Waals surface area contributed by atoms with E-state index in [-0.39, 0.29) is 6.26 Å². The summed E-state index contributed by atoms with van der Waals surface area (Å²) in [7, 11) is 0. The summed E-state index contributed by atoms with van der Waals surface area (Å²) in [5.41, 5.74) is 2.53. The Hall–Kier alpha value is -3.39. The van der Waals surface area contributed by atoms with E-state index in [1.807, 2.05) is 12.1 Å². The molecule has 0 bridgehead atoms. The van der Waals surface area contributed by atoms with E-state index in [1.54, 1.807) is 12.1 Å². The van der Waals surface area contributed by atoms with Crippen molar-refractivity contribution < 1.29 is 36.2 Å².